The maximum atomic E-state index is 11.7. The van der Waals surface area contributed by atoms with Crippen LogP contribution in [0.4, 0.5) is 0 Å². The zero-order valence-corrected chi connectivity index (χ0v) is 11.0. The Morgan fingerprint density at radius 3 is 2.22 bits per heavy atom. The molecule has 2 saturated heterocycles. The number of hydrogen-bond donors (Lipinski definition) is 2. The molecular formula is C13H21NO4. The first-order chi connectivity index (χ1) is 8.45. The summed E-state index contributed by atoms with van der Waals surface area (Å²) in [6.07, 6.45) is 1.17. The van der Waals surface area contributed by atoms with Gasteiger partial charge in [0.15, 0.2) is 0 Å². The molecule has 0 saturated carbocycles. The normalized spacial score (nSPS) is 40.9. The van der Waals surface area contributed by atoms with Gasteiger partial charge in [0.2, 0.25) is 0 Å². The molecule has 0 aliphatic carbocycles. The standard InChI is InChI=1S/C13H21NO4/c1-4-7(2)13(17)18-8-5-9-11(15)12(16)10(6-8)14(9)3/h4,8-12,15-16H,5-6H2,1-3H3. The molecule has 0 aromatic carbocycles. The topological polar surface area (TPSA) is 70.0 Å². The molecule has 0 aromatic rings. The van der Waals surface area contributed by atoms with E-state index in [1.807, 2.05) is 11.9 Å². The average molecular weight is 255 g/mol. The molecule has 2 aliphatic rings. The van der Waals surface area contributed by atoms with Gasteiger partial charge in [0.1, 0.15) is 6.10 Å². The lowest BCUT2D eigenvalue weighted by molar-refractivity contribution is -0.148. The van der Waals surface area contributed by atoms with Gasteiger partial charge >= 0.3 is 5.97 Å². The summed E-state index contributed by atoms with van der Waals surface area (Å²) in [6, 6.07) is -0.245. The highest BCUT2D eigenvalue weighted by atomic mass is 16.5. The van der Waals surface area contributed by atoms with Gasteiger partial charge in [0, 0.05) is 30.5 Å². The van der Waals surface area contributed by atoms with E-state index < -0.39 is 12.2 Å². The fourth-order valence-corrected chi connectivity index (χ4v) is 2.89. The van der Waals surface area contributed by atoms with Gasteiger partial charge in [-0.25, -0.2) is 4.79 Å². The summed E-state index contributed by atoms with van der Waals surface area (Å²) in [5, 5.41) is 19.8. The van der Waals surface area contributed by atoms with Crippen LogP contribution in [0.1, 0.15) is 26.7 Å². The van der Waals surface area contributed by atoms with E-state index in [1.165, 1.54) is 0 Å². The van der Waals surface area contributed by atoms with Gasteiger partial charge in [-0.15, -0.1) is 0 Å². The molecule has 2 bridgehead atoms. The van der Waals surface area contributed by atoms with Crippen molar-refractivity contribution in [3.8, 4) is 0 Å². The Labute approximate surface area is 107 Å². The minimum atomic E-state index is -0.744. The summed E-state index contributed by atoms with van der Waals surface area (Å²) in [6.45, 7) is 3.51. The molecule has 4 atom stereocenters. The highest BCUT2D eigenvalue weighted by molar-refractivity contribution is 5.87. The van der Waals surface area contributed by atoms with Crippen LogP contribution in [0.15, 0.2) is 11.6 Å². The number of ether oxygens (including phenoxy) is 1. The number of fused-ring (bicyclic) bond motifs is 2. The minimum absolute atomic E-state index is 0.123. The van der Waals surface area contributed by atoms with E-state index in [-0.39, 0.29) is 24.2 Å². The van der Waals surface area contributed by atoms with Crippen LogP contribution in [0, 0.1) is 0 Å². The first-order valence-corrected chi connectivity index (χ1v) is 6.37. The lowest BCUT2D eigenvalue weighted by Crippen LogP contribution is -2.46. The Morgan fingerprint density at radius 1 is 1.28 bits per heavy atom. The molecule has 4 unspecified atom stereocenters. The van der Waals surface area contributed by atoms with Gasteiger partial charge in [-0.05, 0) is 20.9 Å². The summed E-state index contributed by atoms with van der Waals surface area (Å²) in [7, 11) is 1.89. The van der Waals surface area contributed by atoms with Crippen LogP contribution in [0.3, 0.4) is 0 Å². The zero-order valence-electron chi connectivity index (χ0n) is 11.0. The van der Waals surface area contributed by atoms with Crippen LogP contribution < -0.4 is 0 Å². The fourth-order valence-electron chi connectivity index (χ4n) is 2.89. The summed E-state index contributed by atoms with van der Waals surface area (Å²) >= 11 is 0. The molecule has 0 spiro atoms. The van der Waals surface area contributed by atoms with Crippen molar-refractivity contribution in [1.82, 2.24) is 4.90 Å². The Hall–Kier alpha value is -0.910. The summed E-state index contributed by atoms with van der Waals surface area (Å²) in [5.74, 6) is -0.310. The van der Waals surface area contributed by atoms with Crippen molar-refractivity contribution < 1.29 is 19.7 Å². The number of carbonyl (C=O) groups is 1. The average Bonchev–Trinajstić information content (AvgIpc) is 2.50. The zero-order chi connectivity index (χ0) is 13.4. The highest BCUT2D eigenvalue weighted by Gasteiger charge is 2.51. The number of piperidine rings is 1. The molecule has 5 heteroatoms. The van der Waals surface area contributed by atoms with Gasteiger partial charge in [-0.2, -0.15) is 0 Å². The van der Waals surface area contributed by atoms with Crippen LogP contribution in [0.25, 0.3) is 0 Å². The lowest BCUT2D eigenvalue weighted by atomic mass is 10.00. The van der Waals surface area contributed by atoms with Crippen molar-refractivity contribution in [2.75, 3.05) is 7.05 Å². The number of nitrogens with zero attached hydrogens (tertiary/aromatic N) is 1. The van der Waals surface area contributed by atoms with Crippen molar-refractivity contribution in [2.24, 2.45) is 0 Å². The van der Waals surface area contributed by atoms with Gasteiger partial charge in [0.25, 0.3) is 0 Å². The molecule has 2 N–H and O–H groups in total. The third-order valence-electron chi connectivity index (χ3n) is 4.22. The summed E-state index contributed by atoms with van der Waals surface area (Å²) < 4.78 is 5.41. The second-order valence-corrected chi connectivity index (χ2v) is 5.25. The Morgan fingerprint density at radius 2 is 1.78 bits per heavy atom. The van der Waals surface area contributed by atoms with Crippen LogP contribution in [-0.2, 0) is 9.53 Å². The maximum Gasteiger partial charge on any atom is 0.333 e. The van der Waals surface area contributed by atoms with Crippen molar-refractivity contribution in [3.63, 3.8) is 0 Å². The molecular weight excluding hydrogens is 234 g/mol. The van der Waals surface area contributed by atoms with Gasteiger partial charge in [-0.3, -0.25) is 4.90 Å². The van der Waals surface area contributed by atoms with E-state index in [1.54, 1.807) is 19.9 Å². The van der Waals surface area contributed by atoms with E-state index >= 15 is 0 Å². The molecule has 5 nitrogen and oxygen atoms in total. The number of aliphatic hydroxyl groups is 2. The highest BCUT2D eigenvalue weighted by Crippen LogP contribution is 2.36. The molecule has 2 fully saturated rings. The molecule has 2 aliphatic heterocycles. The maximum absolute atomic E-state index is 11.7. The quantitative estimate of drug-likeness (QED) is 0.539. The molecule has 0 aromatic heterocycles. The Balaban J connectivity index is 2.02. The Kier molecular flexibility index (Phi) is 3.75. The number of rotatable bonds is 2. The monoisotopic (exact) mass is 255 g/mol. The molecule has 2 rings (SSSR count). The third kappa shape index (κ3) is 2.18. The van der Waals surface area contributed by atoms with Gasteiger partial charge < -0.3 is 14.9 Å². The number of hydrogen-bond acceptors (Lipinski definition) is 5. The predicted octanol–water partition coefficient (Wildman–Crippen LogP) is 0.0626. The van der Waals surface area contributed by atoms with Crippen LogP contribution in [0.2, 0.25) is 0 Å². The summed E-state index contributed by atoms with van der Waals surface area (Å²) in [4.78, 5) is 13.7. The van der Waals surface area contributed by atoms with E-state index in [2.05, 4.69) is 0 Å². The van der Waals surface area contributed by atoms with E-state index in [4.69, 9.17) is 4.74 Å². The van der Waals surface area contributed by atoms with E-state index in [0.29, 0.717) is 18.4 Å². The largest absolute Gasteiger partial charge is 0.459 e. The first-order valence-electron chi connectivity index (χ1n) is 6.37. The van der Waals surface area contributed by atoms with Crippen molar-refractivity contribution in [2.45, 2.75) is 57.1 Å². The second kappa shape index (κ2) is 4.99. The van der Waals surface area contributed by atoms with Crippen LogP contribution in [-0.4, -0.2) is 58.5 Å². The first kappa shape index (κ1) is 13.5. The third-order valence-corrected chi connectivity index (χ3v) is 4.22. The number of allylic oxidation sites excluding steroid dienone is 1. The lowest BCUT2D eigenvalue weighted by Gasteiger charge is -2.35. The molecule has 2 heterocycles. The molecule has 18 heavy (non-hydrogen) atoms. The van der Waals surface area contributed by atoms with Crippen molar-refractivity contribution >= 4 is 5.97 Å². The number of likely N-dealkylation sites (N-methyl/N-ethyl adjacent to an activating group) is 1. The van der Waals surface area contributed by atoms with E-state index in [9.17, 15) is 15.0 Å². The number of esters is 1. The fraction of sp³-hybridized carbons (Fsp3) is 0.769. The minimum Gasteiger partial charge on any atom is -0.459 e. The van der Waals surface area contributed by atoms with Crippen LogP contribution in [0.5, 0.6) is 0 Å². The number of carbonyl (C=O) groups excluding carboxylic acids is 1. The van der Waals surface area contributed by atoms with Crippen molar-refractivity contribution in [3.05, 3.63) is 11.6 Å². The smallest absolute Gasteiger partial charge is 0.333 e. The molecule has 102 valence electrons. The SMILES string of the molecule is CC=C(C)C(=O)OC1CC2C(O)C(O)C(C1)N2C. The number of aliphatic hydroxyl groups excluding tert-OH is 2. The molecule has 0 amide bonds. The van der Waals surface area contributed by atoms with Crippen LogP contribution >= 0.6 is 0 Å². The second-order valence-electron chi connectivity index (χ2n) is 5.25. The van der Waals surface area contributed by atoms with E-state index in [0.717, 1.165) is 0 Å². The molecule has 0 radical (unpaired) electrons. The van der Waals surface area contributed by atoms with Gasteiger partial charge in [0.05, 0.1) is 12.2 Å². The predicted molar refractivity (Wildman–Crippen MR) is 65.9 cm³/mol. The Bertz CT molecular complexity index is 342. The summed E-state index contributed by atoms with van der Waals surface area (Å²) in [5.41, 5.74) is 0.586. The van der Waals surface area contributed by atoms with Crippen molar-refractivity contribution in [1.29, 1.82) is 0 Å². The van der Waals surface area contributed by atoms with Gasteiger partial charge in [-0.1, -0.05) is 6.08 Å².